The number of amidine groups is 1. The van der Waals surface area contributed by atoms with Crippen molar-refractivity contribution >= 4 is 29.0 Å². The summed E-state index contributed by atoms with van der Waals surface area (Å²) in [5.41, 5.74) is 4.17. The van der Waals surface area contributed by atoms with E-state index in [2.05, 4.69) is 17.1 Å². The molecule has 1 saturated carbocycles. The molecule has 0 bridgehead atoms. The Balaban J connectivity index is 1.94. The highest BCUT2D eigenvalue weighted by molar-refractivity contribution is 6.35. The lowest BCUT2D eigenvalue weighted by Gasteiger charge is -2.24. The summed E-state index contributed by atoms with van der Waals surface area (Å²) in [4.78, 5) is 2.91. The number of nitrogens with one attached hydrogen (secondary N) is 1. The van der Waals surface area contributed by atoms with Crippen molar-refractivity contribution in [3.05, 3.63) is 33.8 Å². The van der Waals surface area contributed by atoms with E-state index in [0.717, 1.165) is 0 Å². The number of benzene rings is 1. The van der Waals surface area contributed by atoms with Crippen LogP contribution in [0.5, 0.6) is 0 Å². The quantitative estimate of drug-likeness (QED) is 0.761. The first-order chi connectivity index (χ1) is 11.4. The van der Waals surface area contributed by atoms with Crippen LogP contribution in [0.25, 0.3) is 0 Å². The second-order valence-electron chi connectivity index (χ2n) is 6.33. The Morgan fingerprint density at radius 3 is 2.62 bits per heavy atom. The van der Waals surface area contributed by atoms with Gasteiger partial charge in [-0.05, 0) is 24.6 Å². The minimum atomic E-state index is -1.45. The van der Waals surface area contributed by atoms with Crippen molar-refractivity contribution < 1.29 is 14.5 Å². The molecular weight excluding hydrogens is 351 g/mol. The van der Waals surface area contributed by atoms with Gasteiger partial charge in [-0.3, -0.25) is 5.73 Å². The predicted octanol–water partition coefficient (Wildman–Crippen LogP) is 0.651. The average molecular weight is 364 g/mol. The molecule has 1 spiro atoms. The molecule has 3 N–H and O–H groups in total. The number of ether oxygens (including phenoxy) is 2. The lowest BCUT2D eigenvalue weighted by molar-refractivity contribution is -0.677. The molecule has 8 heteroatoms. The fourth-order valence-electron chi connectivity index (χ4n) is 4.17. The average Bonchev–Trinajstić information content (AvgIpc) is 2.90. The minimum absolute atomic E-state index is 0.164. The highest BCUT2D eigenvalue weighted by Gasteiger charge is 2.98. The Bertz CT molecular complexity index is 876. The van der Waals surface area contributed by atoms with E-state index < -0.39 is 22.7 Å². The lowest BCUT2D eigenvalue weighted by atomic mass is 9.94. The van der Waals surface area contributed by atoms with Crippen LogP contribution in [-0.2, 0) is 9.47 Å². The van der Waals surface area contributed by atoms with E-state index in [4.69, 9.17) is 38.4 Å². The fraction of sp³-hybridized carbons (Fsp3) is 0.438. The van der Waals surface area contributed by atoms with Crippen LogP contribution in [0.3, 0.4) is 0 Å². The molecular formula is C16H13Cl2N4O2+. The second kappa shape index (κ2) is 4.62. The van der Waals surface area contributed by atoms with Gasteiger partial charge in [0.05, 0.1) is 24.8 Å². The van der Waals surface area contributed by atoms with Crippen LogP contribution in [0.2, 0.25) is 10.0 Å². The Morgan fingerprint density at radius 2 is 2.08 bits per heavy atom. The van der Waals surface area contributed by atoms with Crippen LogP contribution >= 0.6 is 23.2 Å². The maximum atomic E-state index is 10.0. The molecule has 3 aliphatic rings. The zero-order valence-electron chi connectivity index (χ0n) is 12.6. The molecule has 0 amide bonds. The van der Waals surface area contributed by atoms with Crippen molar-refractivity contribution in [2.45, 2.75) is 24.9 Å². The van der Waals surface area contributed by atoms with Gasteiger partial charge in [-0.1, -0.05) is 29.3 Å². The number of nitriles is 2. The van der Waals surface area contributed by atoms with Gasteiger partial charge in [0.15, 0.2) is 10.8 Å². The molecule has 1 saturated heterocycles. The van der Waals surface area contributed by atoms with Gasteiger partial charge in [-0.15, -0.1) is 0 Å². The van der Waals surface area contributed by atoms with Crippen molar-refractivity contribution in [3.8, 4) is 12.1 Å². The van der Waals surface area contributed by atoms with Crippen molar-refractivity contribution in [2.75, 3.05) is 6.61 Å². The molecule has 0 unspecified atom stereocenters. The third-order valence-corrected chi connectivity index (χ3v) is 5.72. The summed E-state index contributed by atoms with van der Waals surface area (Å²) in [5, 5.41) is 20.8. The fourth-order valence-corrected chi connectivity index (χ4v) is 4.68. The van der Waals surface area contributed by atoms with Gasteiger partial charge in [0.2, 0.25) is 0 Å². The van der Waals surface area contributed by atoms with Gasteiger partial charge in [0.25, 0.3) is 5.84 Å². The molecule has 5 atom stereocenters. The Morgan fingerprint density at radius 1 is 1.33 bits per heavy atom. The molecule has 1 aromatic carbocycles. The Labute approximate surface area is 148 Å². The molecule has 1 aliphatic carbocycles. The van der Waals surface area contributed by atoms with Crippen molar-refractivity contribution in [2.24, 2.45) is 16.6 Å². The monoisotopic (exact) mass is 363 g/mol. The Kier molecular flexibility index (Phi) is 3.02. The molecule has 0 radical (unpaired) electrons. The van der Waals surface area contributed by atoms with Crippen LogP contribution in [0, 0.1) is 33.5 Å². The summed E-state index contributed by atoms with van der Waals surface area (Å²) < 4.78 is 11.7. The topological polar surface area (TPSA) is 106 Å². The normalized spacial score (nSPS) is 42.3. The van der Waals surface area contributed by atoms with Crippen LogP contribution in [-0.4, -0.2) is 24.5 Å². The van der Waals surface area contributed by atoms with Crippen molar-refractivity contribution in [1.29, 1.82) is 10.5 Å². The third kappa shape index (κ3) is 1.46. The van der Waals surface area contributed by atoms with Gasteiger partial charge in [-0.2, -0.15) is 10.5 Å². The van der Waals surface area contributed by atoms with E-state index in [1.807, 2.05) is 6.92 Å². The Hall–Kier alpha value is -1.83. The standard InChI is InChI=1S/C16H12Cl2N4O2/c1-8-5-23-16(24-8)15(7-20)12(14(15,6-19)13(21)22-16)10-3-2-9(17)4-11(10)18/h2-4,8,12H,5H2,1H3,(H2,21,22)/p+1/t8-,12-,14-,15-,16+/m1/s1. The van der Waals surface area contributed by atoms with Crippen LogP contribution in [0.15, 0.2) is 18.2 Å². The maximum absolute atomic E-state index is 10.0. The second-order valence-corrected chi connectivity index (χ2v) is 7.18. The summed E-state index contributed by atoms with van der Waals surface area (Å²) in [7, 11) is 0. The first-order valence-electron chi connectivity index (χ1n) is 7.39. The van der Waals surface area contributed by atoms with Gasteiger partial charge in [0, 0.05) is 16.0 Å². The molecule has 4 rings (SSSR count). The summed E-state index contributed by atoms with van der Waals surface area (Å²) in [6.45, 7) is 2.13. The maximum Gasteiger partial charge on any atom is 0.343 e. The van der Waals surface area contributed by atoms with Crippen LogP contribution < -0.4 is 10.7 Å². The third-order valence-electron chi connectivity index (χ3n) is 5.16. The summed E-state index contributed by atoms with van der Waals surface area (Å²) >= 11 is 12.3. The summed E-state index contributed by atoms with van der Waals surface area (Å²) in [6, 6.07) is 9.43. The SMILES string of the molecule is C[C@@H]1CO[C@]2([NH+]=C(N)[C@@]3(C#N)[C@@H](c4ccc(Cl)cc4Cl)[C@@]23C#N)O1. The van der Waals surface area contributed by atoms with E-state index in [1.54, 1.807) is 18.2 Å². The highest BCUT2D eigenvalue weighted by atomic mass is 35.5. The van der Waals surface area contributed by atoms with E-state index in [9.17, 15) is 10.5 Å². The van der Waals surface area contributed by atoms with E-state index in [0.29, 0.717) is 22.2 Å². The van der Waals surface area contributed by atoms with Gasteiger partial charge < -0.3 is 9.47 Å². The summed E-state index contributed by atoms with van der Waals surface area (Å²) in [6.07, 6.45) is -0.230. The van der Waals surface area contributed by atoms with Crippen molar-refractivity contribution in [3.63, 3.8) is 0 Å². The van der Waals surface area contributed by atoms with Gasteiger partial charge in [0.1, 0.15) is 0 Å². The number of nitrogens with two attached hydrogens (primary N) is 1. The number of fused-ring (bicyclic) bond motifs is 2. The van der Waals surface area contributed by atoms with Crippen molar-refractivity contribution in [1.82, 2.24) is 0 Å². The largest absolute Gasteiger partial charge is 0.343 e. The smallest absolute Gasteiger partial charge is 0.311 e. The van der Waals surface area contributed by atoms with Crippen LogP contribution in [0.4, 0.5) is 0 Å². The van der Waals surface area contributed by atoms with Gasteiger partial charge in [-0.25, -0.2) is 4.99 Å². The predicted molar refractivity (Wildman–Crippen MR) is 84.7 cm³/mol. The molecule has 0 aromatic heterocycles. The molecule has 122 valence electrons. The first kappa shape index (κ1) is 15.7. The van der Waals surface area contributed by atoms with Crippen LogP contribution in [0.1, 0.15) is 18.4 Å². The molecule has 6 nitrogen and oxygen atoms in total. The number of hydrogen-bond donors (Lipinski definition) is 2. The number of rotatable bonds is 1. The number of halogens is 2. The molecule has 1 aromatic rings. The number of hydrogen-bond acceptors (Lipinski definition) is 5. The van der Waals surface area contributed by atoms with Gasteiger partial charge >= 0.3 is 5.91 Å². The van der Waals surface area contributed by atoms with E-state index >= 15 is 0 Å². The van der Waals surface area contributed by atoms with E-state index in [1.165, 1.54) is 0 Å². The number of nitrogens with zero attached hydrogens (tertiary/aromatic N) is 2. The zero-order chi connectivity index (χ0) is 17.3. The minimum Gasteiger partial charge on any atom is -0.311 e. The summed E-state index contributed by atoms with van der Waals surface area (Å²) in [5.74, 6) is -1.86. The molecule has 24 heavy (non-hydrogen) atoms. The zero-order valence-corrected chi connectivity index (χ0v) is 14.1. The first-order valence-corrected chi connectivity index (χ1v) is 8.14. The molecule has 2 fully saturated rings. The molecule has 2 aliphatic heterocycles. The lowest BCUT2D eigenvalue weighted by Crippen LogP contribution is -2.90. The highest BCUT2D eigenvalue weighted by Crippen LogP contribution is 2.79. The van der Waals surface area contributed by atoms with E-state index in [-0.39, 0.29) is 11.9 Å². The molecule has 2 heterocycles.